The van der Waals surface area contributed by atoms with Gasteiger partial charge in [-0.15, -0.1) is 11.8 Å². The van der Waals surface area contributed by atoms with Crippen LogP contribution in [0.15, 0.2) is 35.2 Å². The van der Waals surface area contributed by atoms with Gasteiger partial charge in [-0.1, -0.05) is 26.0 Å². The lowest BCUT2D eigenvalue weighted by Crippen LogP contribution is -2.30. The number of nitrogens with one attached hydrogen (secondary N) is 2. The molecule has 1 aromatic carbocycles. The van der Waals surface area contributed by atoms with Crippen molar-refractivity contribution in [2.45, 2.75) is 43.5 Å². The highest BCUT2D eigenvalue weighted by atomic mass is 32.2. The number of benzene rings is 1. The molecule has 5 nitrogen and oxygen atoms in total. The molecular weight excluding hydrogens is 332 g/mol. The topological polar surface area (TPSA) is 70.1 Å². The SMILES string of the molecule is CSc1ccccc1Nc1cc(C2CC2)nc(N[C@H](CO)C(C)C)n1. The van der Waals surface area contributed by atoms with E-state index in [1.807, 2.05) is 18.2 Å². The lowest BCUT2D eigenvalue weighted by molar-refractivity contribution is 0.248. The van der Waals surface area contributed by atoms with Crippen LogP contribution in [0, 0.1) is 5.92 Å². The Labute approximate surface area is 153 Å². The second kappa shape index (κ2) is 8.06. The summed E-state index contributed by atoms with van der Waals surface area (Å²) in [5.41, 5.74) is 2.12. The van der Waals surface area contributed by atoms with E-state index in [2.05, 4.69) is 52.8 Å². The predicted molar refractivity (Wildman–Crippen MR) is 105 cm³/mol. The van der Waals surface area contributed by atoms with Gasteiger partial charge in [0, 0.05) is 16.9 Å². The smallest absolute Gasteiger partial charge is 0.225 e. The first-order valence-corrected chi connectivity index (χ1v) is 9.99. The Balaban J connectivity index is 1.88. The summed E-state index contributed by atoms with van der Waals surface area (Å²) in [6, 6.07) is 10.2. The largest absolute Gasteiger partial charge is 0.394 e. The number of anilines is 3. The van der Waals surface area contributed by atoms with Crippen molar-refractivity contribution in [1.29, 1.82) is 0 Å². The Morgan fingerprint density at radius 3 is 2.64 bits per heavy atom. The number of nitrogens with zero attached hydrogens (tertiary/aromatic N) is 2. The van der Waals surface area contributed by atoms with Gasteiger partial charge >= 0.3 is 0 Å². The van der Waals surface area contributed by atoms with Crippen LogP contribution in [0.3, 0.4) is 0 Å². The summed E-state index contributed by atoms with van der Waals surface area (Å²) in [7, 11) is 0. The van der Waals surface area contributed by atoms with E-state index in [-0.39, 0.29) is 12.6 Å². The fourth-order valence-corrected chi connectivity index (χ4v) is 3.21. The Morgan fingerprint density at radius 2 is 2.00 bits per heavy atom. The number of aliphatic hydroxyl groups is 1. The fourth-order valence-electron chi connectivity index (χ4n) is 2.66. The van der Waals surface area contributed by atoms with E-state index >= 15 is 0 Å². The van der Waals surface area contributed by atoms with Gasteiger partial charge in [0.1, 0.15) is 5.82 Å². The van der Waals surface area contributed by atoms with E-state index in [0.29, 0.717) is 17.8 Å². The van der Waals surface area contributed by atoms with Crippen LogP contribution in [-0.2, 0) is 0 Å². The molecule has 0 amide bonds. The third kappa shape index (κ3) is 4.64. The van der Waals surface area contributed by atoms with Crippen LogP contribution < -0.4 is 10.6 Å². The van der Waals surface area contributed by atoms with Crippen LogP contribution >= 0.6 is 11.8 Å². The minimum absolute atomic E-state index is 0.0548. The number of hydrogen-bond donors (Lipinski definition) is 3. The van der Waals surface area contributed by atoms with E-state index < -0.39 is 0 Å². The van der Waals surface area contributed by atoms with Gasteiger partial charge in [0.25, 0.3) is 0 Å². The van der Waals surface area contributed by atoms with E-state index in [1.54, 1.807) is 11.8 Å². The molecule has 1 saturated carbocycles. The molecular formula is C19H26N4OS. The summed E-state index contributed by atoms with van der Waals surface area (Å²) in [6.07, 6.45) is 4.44. The molecule has 1 aromatic heterocycles. The number of para-hydroxylation sites is 1. The Hall–Kier alpha value is -1.79. The summed E-state index contributed by atoms with van der Waals surface area (Å²) in [5, 5.41) is 16.3. The van der Waals surface area contributed by atoms with Gasteiger partial charge in [0.15, 0.2) is 0 Å². The normalized spacial score (nSPS) is 15.2. The quantitative estimate of drug-likeness (QED) is 0.613. The van der Waals surface area contributed by atoms with Gasteiger partial charge < -0.3 is 15.7 Å². The van der Waals surface area contributed by atoms with Crippen molar-refractivity contribution in [1.82, 2.24) is 9.97 Å². The Kier molecular flexibility index (Phi) is 5.81. The first-order chi connectivity index (χ1) is 12.1. The molecule has 3 N–H and O–H groups in total. The third-order valence-electron chi connectivity index (χ3n) is 4.43. The molecule has 6 heteroatoms. The molecule has 0 bridgehead atoms. The molecule has 0 aliphatic heterocycles. The van der Waals surface area contributed by atoms with Crippen LogP contribution in [-0.4, -0.2) is 34.0 Å². The molecule has 0 spiro atoms. The van der Waals surface area contributed by atoms with Crippen LogP contribution in [0.25, 0.3) is 0 Å². The average Bonchev–Trinajstić information content (AvgIpc) is 3.45. The minimum atomic E-state index is -0.0548. The van der Waals surface area contributed by atoms with Crippen molar-refractivity contribution in [3.63, 3.8) is 0 Å². The predicted octanol–water partition coefficient (Wildman–Crippen LogP) is 4.25. The molecule has 0 saturated heterocycles. The molecule has 2 aromatic rings. The highest BCUT2D eigenvalue weighted by Crippen LogP contribution is 2.40. The standard InChI is InChI=1S/C19H26N4OS/c1-12(2)16(11-24)22-19-21-15(13-8-9-13)10-18(23-19)20-14-6-4-5-7-17(14)25-3/h4-7,10,12-13,16,24H,8-9,11H2,1-3H3,(H2,20,21,22,23)/t16-/m1/s1. The number of hydrogen-bond acceptors (Lipinski definition) is 6. The zero-order valence-corrected chi connectivity index (χ0v) is 15.8. The van der Waals surface area contributed by atoms with Crippen LogP contribution in [0.2, 0.25) is 0 Å². The highest BCUT2D eigenvalue weighted by Gasteiger charge is 2.26. The monoisotopic (exact) mass is 358 g/mol. The molecule has 3 rings (SSSR count). The van der Waals surface area contributed by atoms with Gasteiger partial charge in [-0.25, -0.2) is 4.98 Å². The third-order valence-corrected chi connectivity index (χ3v) is 5.22. The van der Waals surface area contributed by atoms with Crippen LogP contribution in [0.1, 0.15) is 38.3 Å². The van der Waals surface area contributed by atoms with Gasteiger partial charge in [0.2, 0.25) is 5.95 Å². The summed E-state index contributed by atoms with van der Waals surface area (Å²) in [4.78, 5) is 10.5. The number of aliphatic hydroxyl groups excluding tert-OH is 1. The summed E-state index contributed by atoms with van der Waals surface area (Å²) in [6.45, 7) is 4.21. The molecule has 1 aliphatic carbocycles. The van der Waals surface area contributed by atoms with Crippen LogP contribution in [0.4, 0.5) is 17.5 Å². The van der Waals surface area contributed by atoms with E-state index in [1.165, 1.54) is 17.7 Å². The maximum atomic E-state index is 9.58. The molecule has 1 atom stereocenters. The Bertz CT molecular complexity index is 718. The number of aromatic nitrogens is 2. The molecule has 1 aliphatic rings. The van der Waals surface area contributed by atoms with Crippen molar-refractivity contribution >= 4 is 29.2 Å². The molecule has 0 radical (unpaired) electrons. The molecule has 1 fully saturated rings. The zero-order chi connectivity index (χ0) is 17.8. The summed E-state index contributed by atoms with van der Waals surface area (Å²) < 4.78 is 0. The Morgan fingerprint density at radius 1 is 1.24 bits per heavy atom. The second-order valence-corrected chi connectivity index (χ2v) is 7.63. The maximum Gasteiger partial charge on any atom is 0.225 e. The van der Waals surface area contributed by atoms with Crippen molar-refractivity contribution in [3.8, 4) is 0 Å². The summed E-state index contributed by atoms with van der Waals surface area (Å²) in [5.74, 6) is 2.21. The van der Waals surface area contributed by atoms with Crippen molar-refractivity contribution in [2.75, 3.05) is 23.5 Å². The van der Waals surface area contributed by atoms with Gasteiger partial charge in [-0.3, -0.25) is 0 Å². The highest BCUT2D eigenvalue weighted by molar-refractivity contribution is 7.98. The first-order valence-electron chi connectivity index (χ1n) is 8.77. The van der Waals surface area contributed by atoms with Gasteiger partial charge in [-0.05, 0) is 37.1 Å². The number of rotatable bonds is 8. The second-order valence-electron chi connectivity index (χ2n) is 6.78. The van der Waals surface area contributed by atoms with Gasteiger partial charge in [-0.2, -0.15) is 4.98 Å². The minimum Gasteiger partial charge on any atom is -0.394 e. The molecule has 134 valence electrons. The van der Waals surface area contributed by atoms with E-state index in [4.69, 9.17) is 0 Å². The van der Waals surface area contributed by atoms with E-state index in [9.17, 15) is 5.11 Å². The number of thioether (sulfide) groups is 1. The zero-order valence-electron chi connectivity index (χ0n) is 15.0. The molecule has 1 heterocycles. The first kappa shape index (κ1) is 18.0. The van der Waals surface area contributed by atoms with E-state index in [0.717, 1.165) is 17.2 Å². The van der Waals surface area contributed by atoms with Crippen molar-refractivity contribution in [2.24, 2.45) is 5.92 Å². The lowest BCUT2D eigenvalue weighted by atomic mass is 10.1. The van der Waals surface area contributed by atoms with Crippen molar-refractivity contribution in [3.05, 3.63) is 36.0 Å². The average molecular weight is 359 g/mol. The van der Waals surface area contributed by atoms with Gasteiger partial charge in [0.05, 0.1) is 24.0 Å². The fraction of sp³-hybridized carbons (Fsp3) is 0.474. The van der Waals surface area contributed by atoms with Crippen LogP contribution in [0.5, 0.6) is 0 Å². The maximum absolute atomic E-state index is 9.58. The summed E-state index contributed by atoms with van der Waals surface area (Å²) >= 11 is 1.71. The molecule has 25 heavy (non-hydrogen) atoms. The van der Waals surface area contributed by atoms with Crippen molar-refractivity contribution < 1.29 is 5.11 Å². The molecule has 0 unspecified atom stereocenters. The lowest BCUT2D eigenvalue weighted by Gasteiger charge is -2.21.